The number of aromatic nitrogens is 3. The number of fused-ring (bicyclic) bond motifs is 1. The van der Waals surface area contributed by atoms with E-state index in [0.717, 1.165) is 86.0 Å². The number of piperazine rings is 1. The highest BCUT2D eigenvalue weighted by molar-refractivity contribution is 5.96. The number of benzene rings is 2. The topological polar surface area (TPSA) is 77.6 Å². The number of H-pyrrole nitrogens is 1. The molecule has 3 fully saturated rings. The van der Waals surface area contributed by atoms with Crippen LogP contribution in [0, 0.1) is 19.3 Å². The van der Waals surface area contributed by atoms with Crippen molar-refractivity contribution in [2.75, 3.05) is 64.4 Å². The molecule has 7 rings (SSSR count). The summed E-state index contributed by atoms with van der Waals surface area (Å²) in [5.74, 6) is 0.0887. The van der Waals surface area contributed by atoms with Gasteiger partial charge in [0.15, 0.2) is 5.65 Å². The lowest BCUT2D eigenvalue weighted by atomic mass is 9.78. The molecule has 0 radical (unpaired) electrons. The van der Waals surface area contributed by atoms with Gasteiger partial charge < -0.3 is 24.4 Å². The summed E-state index contributed by atoms with van der Waals surface area (Å²) in [6, 6.07) is 12.3. The van der Waals surface area contributed by atoms with E-state index in [-0.39, 0.29) is 11.3 Å². The van der Waals surface area contributed by atoms with E-state index in [1.807, 2.05) is 41.6 Å². The van der Waals surface area contributed by atoms with Gasteiger partial charge in [0.25, 0.3) is 5.91 Å². The second kappa shape index (κ2) is 9.17. The highest BCUT2D eigenvalue weighted by Gasteiger charge is 2.50. The van der Waals surface area contributed by atoms with Gasteiger partial charge in [-0.15, -0.1) is 0 Å². The minimum Gasteiger partial charge on any atom is -0.380 e. The summed E-state index contributed by atoms with van der Waals surface area (Å²) in [4.78, 5) is 32.7. The Hall–Kier alpha value is -3.75. The lowest BCUT2D eigenvalue weighted by Gasteiger charge is -2.54. The number of nitrogens with one attached hydrogen (secondary N) is 1. The van der Waals surface area contributed by atoms with Crippen LogP contribution in [0.5, 0.6) is 0 Å². The quantitative estimate of drug-likeness (QED) is 0.434. The molecule has 0 aliphatic carbocycles. The second-order valence-electron chi connectivity index (χ2n) is 11.6. The zero-order chi connectivity index (χ0) is 26.7. The molecule has 3 aliphatic rings. The molecule has 39 heavy (non-hydrogen) atoms. The van der Waals surface area contributed by atoms with Crippen molar-refractivity contribution in [2.24, 2.45) is 5.41 Å². The smallest absolute Gasteiger partial charge is 0.253 e. The molecule has 2 aromatic carbocycles. The second-order valence-corrected chi connectivity index (χ2v) is 11.6. The summed E-state index contributed by atoms with van der Waals surface area (Å²) in [6.07, 6.45) is 3.80. The van der Waals surface area contributed by atoms with Crippen molar-refractivity contribution in [1.82, 2.24) is 24.8 Å². The number of likely N-dealkylation sites (tertiary alicyclic amines) is 1. The maximum absolute atomic E-state index is 12.9. The number of hydrogen-bond acceptors (Lipinski definition) is 6. The van der Waals surface area contributed by atoms with Crippen LogP contribution in [0.15, 0.2) is 48.8 Å². The van der Waals surface area contributed by atoms with E-state index >= 15 is 0 Å². The number of rotatable bonds is 4. The van der Waals surface area contributed by atoms with E-state index in [9.17, 15) is 4.79 Å². The molecule has 4 aromatic rings. The van der Waals surface area contributed by atoms with E-state index in [1.165, 1.54) is 16.8 Å². The van der Waals surface area contributed by atoms with E-state index in [2.05, 4.69) is 47.8 Å². The van der Waals surface area contributed by atoms with Crippen LogP contribution in [0.3, 0.4) is 0 Å². The van der Waals surface area contributed by atoms with E-state index in [0.29, 0.717) is 5.56 Å². The van der Waals surface area contributed by atoms with Gasteiger partial charge in [-0.3, -0.25) is 4.79 Å². The van der Waals surface area contributed by atoms with E-state index < -0.39 is 0 Å². The molecule has 3 saturated heterocycles. The number of aromatic amines is 1. The van der Waals surface area contributed by atoms with Crippen molar-refractivity contribution in [1.29, 1.82) is 0 Å². The summed E-state index contributed by atoms with van der Waals surface area (Å²) >= 11 is 0. The first-order valence-electron chi connectivity index (χ1n) is 13.8. The van der Waals surface area contributed by atoms with Crippen LogP contribution in [-0.2, 0) is 4.74 Å². The molecule has 0 saturated carbocycles. The Morgan fingerprint density at radius 1 is 0.974 bits per heavy atom. The van der Waals surface area contributed by atoms with Gasteiger partial charge in [-0.2, -0.15) is 0 Å². The summed E-state index contributed by atoms with van der Waals surface area (Å²) in [7, 11) is 2.19. The lowest BCUT2D eigenvalue weighted by molar-refractivity contribution is -0.176. The van der Waals surface area contributed by atoms with Crippen LogP contribution >= 0.6 is 0 Å². The molecular weight excluding hydrogens is 488 g/mol. The van der Waals surface area contributed by atoms with Crippen molar-refractivity contribution < 1.29 is 9.53 Å². The van der Waals surface area contributed by atoms with Gasteiger partial charge in [0.1, 0.15) is 5.52 Å². The minimum atomic E-state index is 0.0887. The lowest BCUT2D eigenvalue weighted by Crippen LogP contribution is -2.67. The van der Waals surface area contributed by atoms with Crippen molar-refractivity contribution >= 4 is 22.8 Å². The van der Waals surface area contributed by atoms with Crippen LogP contribution in [0.25, 0.3) is 33.5 Å². The van der Waals surface area contributed by atoms with E-state index in [4.69, 9.17) is 14.7 Å². The summed E-state index contributed by atoms with van der Waals surface area (Å²) in [5.41, 5.74) is 10.3. The molecule has 1 N–H and O–H groups in total. The summed E-state index contributed by atoms with van der Waals surface area (Å²) < 4.78 is 5.33. The molecular formula is C31H34N6O2. The molecule has 0 unspecified atom stereocenters. The van der Waals surface area contributed by atoms with Gasteiger partial charge in [0.05, 0.1) is 30.5 Å². The third-order valence-electron chi connectivity index (χ3n) is 8.59. The molecule has 3 aliphatic heterocycles. The fourth-order valence-corrected chi connectivity index (χ4v) is 6.34. The molecule has 0 atom stereocenters. The third kappa shape index (κ3) is 4.19. The molecule has 0 bridgehead atoms. The van der Waals surface area contributed by atoms with Crippen LogP contribution in [-0.4, -0.2) is 90.2 Å². The summed E-state index contributed by atoms with van der Waals surface area (Å²) in [6.45, 7) is 11.8. The van der Waals surface area contributed by atoms with Crippen molar-refractivity contribution in [3.63, 3.8) is 0 Å². The zero-order valence-electron chi connectivity index (χ0n) is 22.8. The van der Waals surface area contributed by atoms with Crippen LogP contribution in [0.2, 0.25) is 0 Å². The van der Waals surface area contributed by atoms with Crippen molar-refractivity contribution in [3.8, 4) is 22.4 Å². The molecule has 200 valence electrons. The number of ether oxygens (including phenoxy) is 1. The molecule has 8 heteroatoms. The Labute approximate surface area is 228 Å². The van der Waals surface area contributed by atoms with Gasteiger partial charge in [-0.05, 0) is 61.9 Å². The fraction of sp³-hybridized carbons (Fsp3) is 0.387. The number of hydrogen-bond donors (Lipinski definition) is 1. The first kappa shape index (κ1) is 24.3. The molecule has 2 aromatic heterocycles. The normalized spacial score (nSPS) is 18.8. The predicted molar refractivity (Wildman–Crippen MR) is 153 cm³/mol. The maximum Gasteiger partial charge on any atom is 0.253 e. The maximum atomic E-state index is 12.9. The minimum absolute atomic E-state index is 0.0887. The Balaban J connectivity index is 1.14. The predicted octanol–water partition coefficient (Wildman–Crippen LogP) is 4.13. The van der Waals surface area contributed by atoms with Gasteiger partial charge in [-0.25, -0.2) is 9.97 Å². The van der Waals surface area contributed by atoms with Crippen molar-refractivity contribution in [2.45, 2.75) is 13.8 Å². The number of likely N-dealkylation sites (N-methyl/N-ethyl adjacent to an activating group) is 1. The van der Waals surface area contributed by atoms with Crippen molar-refractivity contribution in [3.05, 3.63) is 65.5 Å². The number of carbonyl (C=O) groups is 1. The standard InChI is InChI=1S/C31H34N6O2/c1-20-12-24(13-21(2)28(20)36-10-8-35(3)9-11-36)26-15-33-29-27(34-26)25(14-32-29)22-4-6-23(7-5-22)30(38)37-16-31(17-37)18-39-19-31/h4-7,12-15H,8-11,16-19H2,1-3H3,(H,32,33). The average Bonchev–Trinajstić information content (AvgIpc) is 3.31. The molecule has 8 nitrogen and oxygen atoms in total. The highest BCUT2D eigenvalue weighted by atomic mass is 16.5. The van der Waals surface area contributed by atoms with E-state index in [1.54, 1.807) is 0 Å². The van der Waals surface area contributed by atoms with Gasteiger partial charge in [-0.1, -0.05) is 12.1 Å². The Morgan fingerprint density at radius 2 is 1.67 bits per heavy atom. The first-order chi connectivity index (χ1) is 18.9. The fourth-order valence-electron chi connectivity index (χ4n) is 6.34. The molecule has 5 heterocycles. The molecule has 1 amide bonds. The number of carbonyl (C=O) groups excluding carboxylic acids is 1. The van der Waals surface area contributed by atoms with Gasteiger partial charge >= 0.3 is 0 Å². The number of nitrogens with zero attached hydrogens (tertiary/aromatic N) is 5. The van der Waals surface area contributed by atoms with Gasteiger partial charge in [0, 0.05) is 67.8 Å². The first-order valence-corrected chi connectivity index (χ1v) is 13.8. The summed E-state index contributed by atoms with van der Waals surface area (Å²) in [5, 5.41) is 0. The SMILES string of the molecule is Cc1cc(-c2cnc3[nH]cc(-c4ccc(C(=O)N5CC6(COC6)C5)cc4)c3n2)cc(C)c1N1CCN(C)CC1. The Kier molecular flexibility index (Phi) is 5.72. The van der Waals surface area contributed by atoms with Crippen LogP contribution < -0.4 is 4.90 Å². The zero-order valence-corrected chi connectivity index (χ0v) is 22.8. The number of aryl methyl sites for hydroxylation is 2. The Morgan fingerprint density at radius 3 is 2.31 bits per heavy atom. The van der Waals surface area contributed by atoms with Gasteiger partial charge in [0.2, 0.25) is 0 Å². The largest absolute Gasteiger partial charge is 0.380 e. The molecule has 1 spiro atoms. The average molecular weight is 523 g/mol. The Bertz CT molecular complexity index is 1530. The highest BCUT2D eigenvalue weighted by Crippen LogP contribution is 2.38. The number of amides is 1. The monoisotopic (exact) mass is 522 g/mol. The number of anilines is 1. The van der Waals surface area contributed by atoms with Crippen LogP contribution in [0.1, 0.15) is 21.5 Å². The van der Waals surface area contributed by atoms with Crippen LogP contribution in [0.4, 0.5) is 5.69 Å². The third-order valence-corrected chi connectivity index (χ3v) is 8.59.